The lowest BCUT2D eigenvalue weighted by atomic mass is 9.91. The largest absolute Gasteiger partial charge is 0.392 e. The third-order valence-corrected chi connectivity index (χ3v) is 5.91. The Kier molecular flexibility index (Phi) is 5.35. The Morgan fingerprint density at radius 3 is 2.72 bits per heavy atom. The van der Waals surface area contributed by atoms with E-state index in [1.54, 1.807) is 0 Å². The summed E-state index contributed by atoms with van der Waals surface area (Å²) in [5.41, 5.74) is 1.38. The molecule has 4 rings (SSSR count). The van der Waals surface area contributed by atoms with Crippen LogP contribution in [0.1, 0.15) is 37.7 Å². The van der Waals surface area contributed by atoms with E-state index in [2.05, 4.69) is 47.4 Å². The van der Waals surface area contributed by atoms with E-state index in [1.807, 2.05) is 0 Å². The molecule has 1 aliphatic carbocycles. The van der Waals surface area contributed by atoms with E-state index in [0.29, 0.717) is 12.1 Å². The second-order valence-corrected chi connectivity index (χ2v) is 7.59. The Balaban J connectivity index is 1.38. The van der Waals surface area contributed by atoms with Crippen LogP contribution in [0.2, 0.25) is 0 Å². The van der Waals surface area contributed by atoms with Gasteiger partial charge in [0, 0.05) is 19.1 Å². The van der Waals surface area contributed by atoms with E-state index < -0.39 is 0 Å². The standard InChI is InChI=1S/C22H29NO2/c24-19-12-14-23(16-19)21-10-3-4-11-22(21)25-15-13-18-8-5-7-17-6-1-2-9-20(17)18/h1-2,5-9,19,21-22,24H,3-4,10-16H2/t19?,21-,22?/m1/s1. The highest BCUT2D eigenvalue weighted by Gasteiger charge is 2.34. The molecule has 1 aliphatic heterocycles. The lowest BCUT2D eigenvalue weighted by molar-refractivity contribution is -0.0315. The summed E-state index contributed by atoms with van der Waals surface area (Å²) in [7, 11) is 0. The molecule has 0 aromatic heterocycles. The van der Waals surface area contributed by atoms with Crippen molar-refractivity contribution in [2.75, 3.05) is 19.7 Å². The van der Waals surface area contributed by atoms with Gasteiger partial charge in [-0.2, -0.15) is 0 Å². The number of nitrogens with zero attached hydrogens (tertiary/aromatic N) is 1. The average Bonchev–Trinajstić information content (AvgIpc) is 3.08. The van der Waals surface area contributed by atoms with Crippen molar-refractivity contribution < 1.29 is 9.84 Å². The Bertz CT molecular complexity index is 696. The molecule has 2 aromatic carbocycles. The number of benzene rings is 2. The summed E-state index contributed by atoms with van der Waals surface area (Å²) in [5.74, 6) is 0. The van der Waals surface area contributed by atoms with E-state index in [0.717, 1.165) is 39.0 Å². The molecule has 0 bridgehead atoms. The predicted octanol–water partition coefficient (Wildman–Crippen LogP) is 3.78. The molecule has 0 amide bonds. The molecule has 1 N–H and O–H groups in total. The molecule has 25 heavy (non-hydrogen) atoms. The van der Waals surface area contributed by atoms with Crippen LogP contribution in [-0.2, 0) is 11.2 Å². The maximum Gasteiger partial charge on any atom is 0.0730 e. The molecule has 1 saturated carbocycles. The minimum absolute atomic E-state index is 0.141. The average molecular weight is 339 g/mol. The zero-order valence-electron chi connectivity index (χ0n) is 14.9. The summed E-state index contributed by atoms with van der Waals surface area (Å²) in [5, 5.41) is 12.5. The number of fused-ring (bicyclic) bond motifs is 1. The van der Waals surface area contributed by atoms with Gasteiger partial charge in [0.25, 0.3) is 0 Å². The van der Waals surface area contributed by atoms with Crippen molar-refractivity contribution in [2.24, 2.45) is 0 Å². The van der Waals surface area contributed by atoms with Gasteiger partial charge in [0.2, 0.25) is 0 Å². The van der Waals surface area contributed by atoms with Crippen LogP contribution in [0.25, 0.3) is 10.8 Å². The number of β-amino-alcohol motifs (C(OH)–C–C–N with tert-alkyl or cyclic N) is 1. The van der Waals surface area contributed by atoms with Crippen LogP contribution in [0.4, 0.5) is 0 Å². The van der Waals surface area contributed by atoms with Gasteiger partial charge in [-0.15, -0.1) is 0 Å². The van der Waals surface area contributed by atoms with Gasteiger partial charge in [-0.3, -0.25) is 4.90 Å². The van der Waals surface area contributed by atoms with Crippen LogP contribution in [0, 0.1) is 0 Å². The Labute approximate surface area is 150 Å². The smallest absolute Gasteiger partial charge is 0.0730 e. The van der Waals surface area contributed by atoms with Gasteiger partial charge in [-0.1, -0.05) is 55.3 Å². The highest BCUT2D eigenvalue weighted by atomic mass is 16.5. The second-order valence-electron chi connectivity index (χ2n) is 7.59. The number of likely N-dealkylation sites (tertiary alicyclic amines) is 1. The van der Waals surface area contributed by atoms with Crippen LogP contribution in [0.3, 0.4) is 0 Å². The summed E-state index contributed by atoms with van der Waals surface area (Å²) in [6.45, 7) is 2.63. The zero-order valence-corrected chi connectivity index (χ0v) is 14.9. The Morgan fingerprint density at radius 1 is 1.00 bits per heavy atom. The fourth-order valence-electron chi connectivity index (χ4n) is 4.59. The highest BCUT2D eigenvalue weighted by Crippen LogP contribution is 2.28. The van der Waals surface area contributed by atoms with E-state index in [1.165, 1.54) is 35.6 Å². The summed E-state index contributed by atoms with van der Waals surface area (Å²) < 4.78 is 6.37. The van der Waals surface area contributed by atoms with Crippen LogP contribution in [0.15, 0.2) is 42.5 Å². The van der Waals surface area contributed by atoms with Crippen molar-refractivity contribution >= 4 is 10.8 Å². The van der Waals surface area contributed by atoms with Gasteiger partial charge < -0.3 is 9.84 Å². The minimum atomic E-state index is -0.141. The summed E-state index contributed by atoms with van der Waals surface area (Å²) >= 11 is 0. The first kappa shape index (κ1) is 17.0. The molecule has 1 saturated heterocycles. The van der Waals surface area contributed by atoms with Crippen LogP contribution >= 0.6 is 0 Å². The van der Waals surface area contributed by atoms with Crippen molar-refractivity contribution in [1.82, 2.24) is 4.90 Å². The van der Waals surface area contributed by atoms with Crippen molar-refractivity contribution in [2.45, 2.75) is 56.8 Å². The number of aliphatic hydroxyl groups excluding tert-OH is 1. The third-order valence-electron chi connectivity index (χ3n) is 5.91. The fraction of sp³-hybridized carbons (Fsp3) is 0.545. The summed E-state index contributed by atoms with van der Waals surface area (Å²) in [6.07, 6.45) is 7.00. The summed E-state index contributed by atoms with van der Waals surface area (Å²) in [4.78, 5) is 2.46. The van der Waals surface area contributed by atoms with Gasteiger partial charge >= 0.3 is 0 Å². The van der Waals surface area contributed by atoms with E-state index in [4.69, 9.17) is 4.74 Å². The molecule has 134 valence electrons. The van der Waals surface area contributed by atoms with Crippen molar-refractivity contribution in [3.63, 3.8) is 0 Å². The molecule has 0 radical (unpaired) electrons. The lowest BCUT2D eigenvalue weighted by Crippen LogP contribution is -2.46. The van der Waals surface area contributed by atoms with Gasteiger partial charge in [-0.25, -0.2) is 0 Å². The van der Waals surface area contributed by atoms with E-state index in [-0.39, 0.29) is 6.10 Å². The fourth-order valence-corrected chi connectivity index (χ4v) is 4.59. The van der Waals surface area contributed by atoms with Crippen LogP contribution in [0.5, 0.6) is 0 Å². The van der Waals surface area contributed by atoms with Gasteiger partial charge in [-0.05, 0) is 42.0 Å². The molecule has 3 heteroatoms. The van der Waals surface area contributed by atoms with E-state index >= 15 is 0 Å². The first-order valence-corrected chi connectivity index (χ1v) is 9.81. The van der Waals surface area contributed by atoms with Crippen molar-refractivity contribution in [3.05, 3.63) is 48.0 Å². The quantitative estimate of drug-likeness (QED) is 0.900. The number of aliphatic hydroxyl groups is 1. The Hall–Kier alpha value is -1.42. The monoisotopic (exact) mass is 339 g/mol. The zero-order chi connectivity index (χ0) is 17.1. The maximum atomic E-state index is 9.86. The normalized spacial score (nSPS) is 27.8. The van der Waals surface area contributed by atoms with Gasteiger partial charge in [0.05, 0.1) is 18.8 Å². The molecular formula is C22H29NO2. The number of hydrogen-bond acceptors (Lipinski definition) is 3. The second kappa shape index (κ2) is 7.86. The van der Waals surface area contributed by atoms with E-state index in [9.17, 15) is 5.11 Å². The topological polar surface area (TPSA) is 32.7 Å². The SMILES string of the molecule is OC1CCN([C@@H]2CCCCC2OCCc2cccc3ccccc23)C1. The molecule has 2 aromatic rings. The maximum absolute atomic E-state index is 9.86. The molecule has 2 unspecified atom stereocenters. The molecule has 3 nitrogen and oxygen atoms in total. The predicted molar refractivity (Wildman–Crippen MR) is 102 cm³/mol. The summed E-state index contributed by atoms with van der Waals surface area (Å²) in [6, 6.07) is 15.6. The first-order chi connectivity index (χ1) is 12.3. The number of hydrogen-bond donors (Lipinski definition) is 1. The first-order valence-electron chi connectivity index (χ1n) is 9.81. The lowest BCUT2D eigenvalue weighted by Gasteiger charge is -2.37. The van der Waals surface area contributed by atoms with Crippen LogP contribution in [-0.4, -0.2) is 48.0 Å². The molecule has 1 heterocycles. The molecule has 0 spiro atoms. The van der Waals surface area contributed by atoms with Crippen molar-refractivity contribution in [1.29, 1.82) is 0 Å². The molecule has 2 aliphatic rings. The molecule has 3 atom stereocenters. The molecular weight excluding hydrogens is 310 g/mol. The number of ether oxygens (including phenoxy) is 1. The number of rotatable bonds is 5. The van der Waals surface area contributed by atoms with Gasteiger partial charge in [0.15, 0.2) is 0 Å². The van der Waals surface area contributed by atoms with Gasteiger partial charge in [0.1, 0.15) is 0 Å². The highest BCUT2D eigenvalue weighted by molar-refractivity contribution is 5.85. The molecule has 2 fully saturated rings. The van der Waals surface area contributed by atoms with Crippen molar-refractivity contribution in [3.8, 4) is 0 Å². The van der Waals surface area contributed by atoms with Crippen LogP contribution < -0.4 is 0 Å². The Morgan fingerprint density at radius 2 is 1.84 bits per heavy atom. The third kappa shape index (κ3) is 3.89. The minimum Gasteiger partial charge on any atom is -0.392 e.